The molecule has 6 heteroatoms. The normalized spacial score (nSPS) is 17.2. The van der Waals surface area contributed by atoms with E-state index in [1.54, 1.807) is 0 Å². The van der Waals surface area contributed by atoms with Gasteiger partial charge in [0.2, 0.25) is 0 Å². The molecule has 2 aliphatic rings. The fourth-order valence-corrected chi connectivity index (χ4v) is 4.54. The Kier molecular flexibility index (Phi) is 7.96. The third-order valence-electron chi connectivity index (χ3n) is 6.46. The predicted molar refractivity (Wildman–Crippen MR) is 127 cm³/mol. The first kappa shape index (κ1) is 24.3. The Balaban J connectivity index is 0.00000289. The number of hydrogen-bond donors (Lipinski definition) is 1. The molecule has 0 unspecified atom stereocenters. The maximum atomic E-state index is 13.1. The van der Waals surface area contributed by atoms with Crippen LogP contribution in [0.5, 0.6) is 5.75 Å². The Morgan fingerprint density at radius 3 is 2.59 bits per heavy atom. The monoisotopic (exact) mass is 459 g/mol. The molecule has 1 fully saturated rings. The van der Waals surface area contributed by atoms with Crippen LogP contribution in [0.25, 0.3) is 5.57 Å². The van der Waals surface area contributed by atoms with Gasteiger partial charge in [-0.05, 0) is 78.6 Å². The summed E-state index contributed by atoms with van der Waals surface area (Å²) in [5.74, 6) is 0.134. The van der Waals surface area contributed by atoms with Crippen molar-refractivity contribution in [3.63, 3.8) is 0 Å². The van der Waals surface area contributed by atoms with Crippen LogP contribution < -0.4 is 4.74 Å². The van der Waals surface area contributed by atoms with Crippen LogP contribution >= 0.6 is 12.4 Å². The number of hydrogen-bond acceptors (Lipinski definition) is 3. The number of nitrogens with zero attached hydrogens (tertiary/aromatic N) is 1. The number of aryl methyl sites for hydroxylation is 1. The maximum Gasteiger partial charge on any atom is 0.309 e. The minimum atomic E-state index is -0.685. The highest BCUT2D eigenvalue weighted by Gasteiger charge is 2.33. The van der Waals surface area contributed by atoms with E-state index in [1.165, 1.54) is 34.4 Å². The summed E-state index contributed by atoms with van der Waals surface area (Å²) in [5, 5.41) is 9.06. The van der Waals surface area contributed by atoms with Crippen molar-refractivity contribution in [1.29, 1.82) is 0 Å². The number of fused-ring (bicyclic) bond motifs is 1. The van der Waals surface area contributed by atoms with Crippen LogP contribution in [0.4, 0.5) is 4.39 Å². The molecule has 32 heavy (non-hydrogen) atoms. The Morgan fingerprint density at radius 1 is 1.19 bits per heavy atom. The van der Waals surface area contributed by atoms with Crippen LogP contribution in [0.2, 0.25) is 0 Å². The topological polar surface area (TPSA) is 49.8 Å². The lowest BCUT2D eigenvalue weighted by molar-refractivity contribution is -0.147. The summed E-state index contributed by atoms with van der Waals surface area (Å²) < 4.78 is 19.1. The van der Waals surface area contributed by atoms with E-state index in [1.807, 2.05) is 18.2 Å². The number of carboxylic acids is 1. The van der Waals surface area contributed by atoms with E-state index in [2.05, 4.69) is 30.9 Å². The molecule has 1 aliphatic carbocycles. The number of ether oxygens (including phenoxy) is 1. The highest BCUT2D eigenvalue weighted by atomic mass is 35.5. The molecule has 0 spiro atoms. The summed E-state index contributed by atoms with van der Waals surface area (Å²) in [6.45, 7) is 7.12. The maximum absolute atomic E-state index is 13.1. The molecule has 1 atom stereocenters. The number of aliphatic carboxylic acids is 1. The lowest BCUT2D eigenvalue weighted by Gasteiger charge is -2.38. The zero-order valence-corrected chi connectivity index (χ0v) is 19.5. The number of carbonyl (C=O) groups is 1. The van der Waals surface area contributed by atoms with Gasteiger partial charge in [-0.15, -0.1) is 12.4 Å². The smallest absolute Gasteiger partial charge is 0.309 e. The standard InChI is InChI=1S/C26H30FNO3.ClH/c1-17(11-19-3-7-23(27)8-4-19)16-31-24-9-10-25-18(2)21(6-5-20(25)12-24)13-28-14-22(15-28)26(29)30;/h3-4,7-10,12,17,22H,5-6,11,13-16H2,1-2H3,(H,29,30);1H/t17-;/m1./s1. The van der Waals surface area contributed by atoms with Gasteiger partial charge in [-0.1, -0.05) is 30.7 Å². The first-order chi connectivity index (χ1) is 14.9. The summed E-state index contributed by atoms with van der Waals surface area (Å²) in [6, 6.07) is 13.0. The summed E-state index contributed by atoms with van der Waals surface area (Å²) in [7, 11) is 0. The quantitative estimate of drug-likeness (QED) is 0.586. The van der Waals surface area contributed by atoms with Gasteiger partial charge in [0.05, 0.1) is 12.5 Å². The van der Waals surface area contributed by atoms with E-state index in [0.717, 1.165) is 37.1 Å². The van der Waals surface area contributed by atoms with Gasteiger partial charge in [0.1, 0.15) is 11.6 Å². The minimum absolute atomic E-state index is 0. The summed E-state index contributed by atoms with van der Waals surface area (Å²) in [6.07, 6.45) is 2.85. The molecule has 0 bridgehead atoms. The Morgan fingerprint density at radius 2 is 1.91 bits per heavy atom. The zero-order chi connectivity index (χ0) is 22.0. The van der Waals surface area contributed by atoms with E-state index >= 15 is 0 Å². The zero-order valence-electron chi connectivity index (χ0n) is 18.6. The number of rotatable bonds is 8. The molecule has 1 aliphatic heterocycles. The first-order valence-electron chi connectivity index (χ1n) is 11.0. The fourth-order valence-electron chi connectivity index (χ4n) is 4.54. The van der Waals surface area contributed by atoms with Crippen molar-refractivity contribution >= 4 is 23.9 Å². The molecule has 0 amide bonds. The van der Waals surface area contributed by atoms with Crippen LogP contribution in [0.3, 0.4) is 0 Å². The van der Waals surface area contributed by atoms with Crippen molar-refractivity contribution in [2.24, 2.45) is 11.8 Å². The van der Waals surface area contributed by atoms with Crippen molar-refractivity contribution in [1.82, 2.24) is 4.90 Å². The fraction of sp³-hybridized carbons (Fsp3) is 0.423. The lowest BCUT2D eigenvalue weighted by Crippen LogP contribution is -2.50. The van der Waals surface area contributed by atoms with Gasteiger partial charge in [-0.25, -0.2) is 4.39 Å². The van der Waals surface area contributed by atoms with Gasteiger partial charge in [0, 0.05) is 19.6 Å². The van der Waals surface area contributed by atoms with Gasteiger partial charge < -0.3 is 9.84 Å². The molecular weight excluding hydrogens is 429 g/mol. The van der Waals surface area contributed by atoms with Crippen LogP contribution in [-0.4, -0.2) is 42.2 Å². The van der Waals surface area contributed by atoms with Gasteiger partial charge in [-0.2, -0.15) is 0 Å². The molecular formula is C26H31ClFNO3. The summed E-state index contributed by atoms with van der Waals surface area (Å²) >= 11 is 0. The molecule has 4 rings (SSSR count). The van der Waals surface area contributed by atoms with Crippen LogP contribution in [0.15, 0.2) is 48.0 Å². The van der Waals surface area contributed by atoms with E-state index < -0.39 is 5.97 Å². The molecule has 0 saturated carbocycles. The number of benzene rings is 2. The van der Waals surface area contributed by atoms with Crippen LogP contribution in [0.1, 0.15) is 37.0 Å². The summed E-state index contributed by atoms with van der Waals surface area (Å²) in [5.41, 5.74) is 6.45. The largest absolute Gasteiger partial charge is 0.493 e. The second-order valence-electron chi connectivity index (χ2n) is 9.02. The van der Waals surface area contributed by atoms with Crippen molar-refractivity contribution in [2.45, 2.75) is 33.1 Å². The Hall–Kier alpha value is -2.37. The van der Waals surface area contributed by atoms with Crippen LogP contribution in [-0.2, 0) is 17.6 Å². The molecule has 1 heterocycles. The number of carboxylic acid groups (broad SMARTS) is 1. The number of likely N-dealkylation sites (tertiary alicyclic amines) is 1. The van der Waals surface area contributed by atoms with Gasteiger partial charge in [-0.3, -0.25) is 9.69 Å². The SMILES string of the molecule is CC1=C(CN2CC(C(=O)O)C2)CCc2cc(OC[C@H](C)Cc3ccc(F)cc3)ccc21.Cl. The second kappa shape index (κ2) is 10.5. The molecule has 1 N–H and O–H groups in total. The van der Waals surface area contributed by atoms with Gasteiger partial charge >= 0.3 is 5.97 Å². The molecule has 4 nitrogen and oxygen atoms in total. The molecule has 2 aromatic rings. The predicted octanol–water partition coefficient (Wildman–Crippen LogP) is 5.24. The average Bonchev–Trinajstić information content (AvgIpc) is 2.71. The molecule has 0 aromatic heterocycles. The van der Waals surface area contributed by atoms with E-state index in [9.17, 15) is 9.18 Å². The Bertz CT molecular complexity index is 983. The van der Waals surface area contributed by atoms with Crippen molar-refractivity contribution in [2.75, 3.05) is 26.2 Å². The Labute approximate surface area is 195 Å². The highest BCUT2D eigenvalue weighted by Crippen LogP contribution is 2.34. The van der Waals surface area contributed by atoms with Crippen molar-refractivity contribution in [3.05, 3.63) is 70.5 Å². The molecule has 1 saturated heterocycles. The van der Waals surface area contributed by atoms with Crippen LogP contribution in [0, 0.1) is 17.7 Å². The first-order valence-corrected chi connectivity index (χ1v) is 11.0. The molecule has 2 aromatic carbocycles. The van der Waals surface area contributed by atoms with Gasteiger partial charge in [0.25, 0.3) is 0 Å². The minimum Gasteiger partial charge on any atom is -0.493 e. The number of allylic oxidation sites excluding steroid dienone is 1. The van der Waals surface area contributed by atoms with Crippen molar-refractivity contribution in [3.8, 4) is 5.75 Å². The molecule has 0 radical (unpaired) electrons. The third kappa shape index (κ3) is 5.70. The number of halogens is 2. The van der Waals surface area contributed by atoms with E-state index in [-0.39, 0.29) is 24.1 Å². The van der Waals surface area contributed by atoms with E-state index in [0.29, 0.717) is 25.6 Å². The lowest BCUT2D eigenvalue weighted by atomic mass is 9.85. The molecule has 172 valence electrons. The summed E-state index contributed by atoms with van der Waals surface area (Å²) in [4.78, 5) is 13.2. The third-order valence-corrected chi connectivity index (χ3v) is 6.46. The van der Waals surface area contributed by atoms with E-state index in [4.69, 9.17) is 9.84 Å². The van der Waals surface area contributed by atoms with Gasteiger partial charge in [0.15, 0.2) is 0 Å². The average molecular weight is 460 g/mol. The van der Waals surface area contributed by atoms with Crippen molar-refractivity contribution < 1.29 is 19.0 Å². The highest BCUT2D eigenvalue weighted by molar-refractivity contribution is 5.85. The second-order valence-corrected chi connectivity index (χ2v) is 9.02.